The highest BCUT2D eigenvalue weighted by molar-refractivity contribution is 5.87. The lowest BCUT2D eigenvalue weighted by Crippen LogP contribution is -2.47. The fraction of sp³-hybridized carbons (Fsp3) is 0.844. The number of rotatable bonds is 52. The average Bonchev–Trinajstić information content (AvgIpc) is 3.32. The molecule has 0 bridgehead atoms. The van der Waals surface area contributed by atoms with Crippen molar-refractivity contribution >= 4 is 41.7 Å². The van der Waals surface area contributed by atoms with Crippen molar-refractivity contribution in [1.29, 1.82) is 0 Å². The van der Waals surface area contributed by atoms with Crippen molar-refractivity contribution in [2.24, 2.45) is 0 Å². The predicted molar refractivity (Wildman–Crippen MR) is 252 cm³/mol. The molecule has 402 valence electrons. The van der Waals surface area contributed by atoms with E-state index in [2.05, 4.69) is 37.2 Å². The number of ether oxygens (including phenoxy) is 10. The van der Waals surface area contributed by atoms with Crippen molar-refractivity contribution in [2.45, 2.75) is 77.3 Å². The Bertz CT molecular complexity index is 1310. The van der Waals surface area contributed by atoms with Crippen LogP contribution in [0.1, 0.15) is 65.2 Å². The van der Waals surface area contributed by atoms with Crippen LogP contribution in [0, 0.1) is 0 Å². The summed E-state index contributed by atoms with van der Waals surface area (Å²) in [7, 11) is 1.85. The summed E-state index contributed by atoms with van der Waals surface area (Å²) < 4.78 is 54.5. The first-order valence-corrected chi connectivity index (χ1v) is 24.1. The molecule has 2 unspecified atom stereocenters. The van der Waals surface area contributed by atoms with E-state index in [9.17, 15) is 33.6 Å². The van der Waals surface area contributed by atoms with Gasteiger partial charge in [0.25, 0.3) is 0 Å². The molecule has 69 heavy (non-hydrogen) atoms. The Morgan fingerprint density at radius 3 is 1.32 bits per heavy atom. The molecule has 7 N–H and O–H groups in total. The third kappa shape index (κ3) is 48.9. The molecule has 0 rings (SSSR count). The molecule has 24 heteroatoms. The first kappa shape index (κ1) is 65.0. The van der Waals surface area contributed by atoms with Crippen molar-refractivity contribution in [2.75, 3.05) is 172 Å². The van der Waals surface area contributed by atoms with Gasteiger partial charge >= 0.3 is 0 Å². The molecule has 0 aliphatic carbocycles. The van der Waals surface area contributed by atoms with E-state index in [1.54, 1.807) is 0 Å². The molecule has 24 nitrogen and oxygen atoms in total. The second-order valence-electron chi connectivity index (χ2n) is 15.2. The minimum atomic E-state index is -0.701. The highest BCUT2D eigenvalue weighted by Gasteiger charge is 2.20. The Balaban J connectivity index is 3.84. The summed E-state index contributed by atoms with van der Waals surface area (Å²) >= 11 is 0. The van der Waals surface area contributed by atoms with Crippen LogP contribution < -0.4 is 37.2 Å². The van der Waals surface area contributed by atoms with Crippen LogP contribution in [0.25, 0.3) is 0 Å². The summed E-state index contributed by atoms with van der Waals surface area (Å²) in [5, 5.41) is 19.2. The lowest BCUT2D eigenvalue weighted by molar-refractivity contribution is -0.130. The Morgan fingerprint density at radius 2 is 0.826 bits per heavy atom. The predicted octanol–water partition coefficient (Wildman–Crippen LogP) is -1.83. The number of hydrogen-bond acceptors (Lipinski definition) is 18. The van der Waals surface area contributed by atoms with E-state index in [-0.39, 0.29) is 94.4 Å². The van der Waals surface area contributed by atoms with Crippen LogP contribution in [0.2, 0.25) is 0 Å². The molecule has 0 aliphatic heterocycles. The van der Waals surface area contributed by atoms with Crippen molar-refractivity contribution in [3.63, 3.8) is 0 Å². The molecule has 0 aromatic rings. The molecule has 0 heterocycles. The third-order valence-corrected chi connectivity index (χ3v) is 9.17. The third-order valence-electron chi connectivity index (χ3n) is 9.17. The molecular weight excluding hydrogens is 911 g/mol. The quantitative estimate of drug-likeness (QED) is 0.0260. The van der Waals surface area contributed by atoms with Gasteiger partial charge < -0.3 is 89.4 Å². The number of carbonyl (C=O) groups is 7. The van der Waals surface area contributed by atoms with E-state index in [0.29, 0.717) is 144 Å². The lowest BCUT2D eigenvalue weighted by atomic mass is 10.1. The highest BCUT2D eigenvalue weighted by atomic mass is 16.6. The monoisotopic (exact) mass is 996 g/mol. The smallest absolute Gasteiger partial charge is 0.245 e. The molecular formula is C45H85N7O17. The second-order valence-corrected chi connectivity index (χ2v) is 15.2. The number of hydrogen-bond donors (Lipinski definition) is 7. The van der Waals surface area contributed by atoms with Crippen LogP contribution in [0.3, 0.4) is 0 Å². The van der Waals surface area contributed by atoms with Crippen LogP contribution in [-0.4, -0.2) is 226 Å². The summed E-state index contributed by atoms with van der Waals surface area (Å²) in [5.41, 5.74) is 0. The molecule has 0 saturated carbocycles. The molecule has 0 aliphatic rings. The van der Waals surface area contributed by atoms with E-state index < -0.39 is 12.1 Å². The zero-order valence-corrected chi connectivity index (χ0v) is 41.5. The van der Waals surface area contributed by atoms with Gasteiger partial charge in [-0.3, -0.25) is 28.8 Å². The zero-order valence-electron chi connectivity index (χ0n) is 41.5. The van der Waals surface area contributed by atoms with E-state index in [1.807, 2.05) is 7.05 Å². The highest BCUT2D eigenvalue weighted by Crippen LogP contribution is 2.03. The first-order valence-electron chi connectivity index (χ1n) is 24.1. The molecule has 0 aromatic carbocycles. The summed E-state index contributed by atoms with van der Waals surface area (Å²) in [4.78, 5) is 82.4. The van der Waals surface area contributed by atoms with Crippen LogP contribution in [0.15, 0.2) is 0 Å². The van der Waals surface area contributed by atoms with Gasteiger partial charge in [0.05, 0.1) is 132 Å². The van der Waals surface area contributed by atoms with Crippen molar-refractivity contribution in [3.8, 4) is 0 Å². The summed E-state index contributed by atoms with van der Waals surface area (Å²) in [6.07, 6.45) is 4.54. The maximum Gasteiger partial charge on any atom is 0.245 e. The van der Waals surface area contributed by atoms with Gasteiger partial charge in [-0.05, 0) is 52.1 Å². The van der Waals surface area contributed by atoms with Crippen molar-refractivity contribution < 1.29 is 80.9 Å². The lowest BCUT2D eigenvalue weighted by Gasteiger charge is -2.19. The van der Waals surface area contributed by atoms with E-state index in [1.165, 1.54) is 13.8 Å². The Morgan fingerprint density at radius 1 is 0.406 bits per heavy atom. The molecule has 2 atom stereocenters. The summed E-state index contributed by atoms with van der Waals surface area (Å²) in [5.74, 6) is -1.54. The molecule has 0 aromatic heterocycles. The normalized spacial score (nSPS) is 11.9. The molecule has 0 radical (unpaired) electrons. The van der Waals surface area contributed by atoms with Gasteiger partial charge in [-0.15, -0.1) is 0 Å². The minimum Gasteiger partial charge on any atom is -0.379 e. The number of unbranched alkanes of at least 4 members (excludes halogenated alkanes) is 2. The largest absolute Gasteiger partial charge is 0.379 e. The summed E-state index contributed by atoms with van der Waals surface area (Å²) in [6, 6.07) is -1.33. The fourth-order valence-corrected chi connectivity index (χ4v) is 5.62. The maximum atomic E-state index is 12.9. The second kappa shape index (κ2) is 50.4. The zero-order chi connectivity index (χ0) is 50.7. The first-order chi connectivity index (χ1) is 33.6. The Labute approximate surface area is 408 Å². The van der Waals surface area contributed by atoms with Gasteiger partial charge in [0.15, 0.2) is 0 Å². The molecule has 0 fully saturated rings. The Kier molecular flexibility index (Phi) is 47.6. The van der Waals surface area contributed by atoms with E-state index >= 15 is 0 Å². The van der Waals surface area contributed by atoms with Crippen LogP contribution in [0.5, 0.6) is 0 Å². The number of amides is 6. The maximum absolute atomic E-state index is 12.9. The fourth-order valence-electron chi connectivity index (χ4n) is 5.62. The molecule has 0 spiro atoms. The number of nitrogens with one attached hydrogen (secondary N) is 7. The van der Waals surface area contributed by atoms with Crippen LogP contribution >= 0.6 is 0 Å². The minimum absolute atomic E-state index is 0.0794. The van der Waals surface area contributed by atoms with Crippen LogP contribution in [0.4, 0.5) is 0 Å². The van der Waals surface area contributed by atoms with Crippen LogP contribution in [-0.2, 0) is 80.9 Å². The van der Waals surface area contributed by atoms with E-state index in [0.717, 1.165) is 19.4 Å². The molecule has 6 amide bonds. The topological polar surface area (TPSA) is 296 Å². The standard InChI is InChI=1S/C45H85N7O17/c1-38(54)47-14-10-42(56)51-40(36-53)8-4-7-13-49-44(58)37-69-35-34-62-19-16-50-45(59)41(9-5-6-12-46-3)52-43(57)11-17-60-20-22-63-24-26-65-28-30-67-32-33-68-31-29-66-27-25-64-23-21-61-18-15-48-39(2)55/h36,40-41,46H,4-35,37H2,1-3H3,(H,47,54)(H,48,55)(H,49,58)(H,50,59)(H,51,56)(H,52,57). The van der Waals surface area contributed by atoms with Gasteiger partial charge in [0.1, 0.15) is 18.9 Å². The average molecular weight is 996 g/mol. The number of aldehydes is 1. The van der Waals surface area contributed by atoms with Gasteiger partial charge in [0, 0.05) is 52.9 Å². The van der Waals surface area contributed by atoms with Crippen molar-refractivity contribution in [1.82, 2.24) is 37.2 Å². The molecule has 0 saturated heterocycles. The SMILES string of the molecule is CNCCCCC(NC(=O)CCOCCOCCOCCOCCOCCOCCOCCOCCNC(C)=O)C(=O)NCCOCCOCC(=O)NCCCCC(C=O)NC(=O)CCNC(C)=O. The van der Waals surface area contributed by atoms with Crippen molar-refractivity contribution in [3.05, 3.63) is 0 Å². The van der Waals surface area contributed by atoms with Gasteiger partial charge in [-0.25, -0.2) is 0 Å². The number of carbonyl (C=O) groups excluding carboxylic acids is 7. The summed E-state index contributed by atoms with van der Waals surface area (Å²) in [6.45, 7) is 11.9. The van der Waals surface area contributed by atoms with Gasteiger partial charge in [0.2, 0.25) is 35.4 Å². The van der Waals surface area contributed by atoms with Gasteiger partial charge in [-0.1, -0.05) is 0 Å². The van der Waals surface area contributed by atoms with Gasteiger partial charge in [-0.2, -0.15) is 0 Å². The van der Waals surface area contributed by atoms with E-state index in [4.69, 9.17) is 47.4 Å². The Hall–Kier alpha value is -3.95.